The lowest BCUT2D eigenvalue weighted by Gasteiger charge is -2.22. The highest BCUT2D eigenvalue weighted by Gasteiger charge is 2.24. The molecule has 0 unspecified atom stereocenters. The molecule has 0 spiro atoms. The van der Waals surface area contributed by atoms with E-state index < -0.39 is 5.97 Å². The predicted octanol–water partition coefficient (Wildman–Crippen LogP) is 10.2. The molecule has 0 radical (unpaired) electrons. The van der Waals surface area contributed by atoms with Gasteiger partial charge in [0.2, 0.25) is 0 Å². The summed E-state index contributed by atoms with van der Waals surface area (Å²) in [6, 6.07) is 34.3. The van der Waals surface area contributed by atoms with Gasteiger partial charge in [0.05, 0.1) is 27.8 Å². The summed E-state index contributed by atoms with van der Waals surface area (Å²) in [5.41, 5.74) is 10.4. The largest absolute Gasteiger partial charge is 0.478 e. The zero-order valence-electron chi connectivity index (χ0n) is 24.6. The quantitative estimate of drug-likeness (QED) is 0.218. The average molecular weight is 565 g/mol. The second-order valence-electron chi connectivity index (χ2n) is 11.7. The van der Waals surface area contributed by atoms with Gasteiger partial charge in [0.1, 0.15) is 17.0 Å². The Bertz CT molecular complexity index is 2140. The van der Waals surface area contributed by atoms with Crippen LogP contribution in [0.25, 0.3) is 61.2 Å². The lowest BCUT2D eigenvalue weighted by molar-refractivity contribution is 0.0697. The van der Waals surface area contributed by atoms with Crippen molar-refractivity contribution >= 4 is 38.9 Å². The van der Waals surface area contributed by atoms with Gasteiger partial charge < -0.3 is 9.52 Å². The number of nitrogens with zero attached hydrogens (tertiary/aromatic N) is 2. The molecule has 5 aromatic carbocycles. The van der Waals surface area contributed by atoms with Crippen LogP contribution in [0.4, 0.5) is 0 Å². The maximum atomic E-state index is 11.3. The van der Waals surface area contributed by atoms with Crippen LogP contribution in [-0.2, 0) is 0 Å². The summed E-state index contributed by atoms with van der Waals surface area (Å²) in [7, 11) is 0. The summed E-state index contributed by atoms with van der Waals surface area (Å²) in [6.45, 7) is 8.98. The van der Waals surface area contributed by atoms with E-state index in [1.807, 2.05) is 24.3 Å². The first-order valence-corrected chi connectivity index (χ1v) is 14.7. The molecule has 7 aromatic rings. The fraction of sp³-hybridized carbons (Fsp3) is 0.158. The second kappa shape index (κ2) is 10.3. The van der Waals surface area contributed by atoms with Gasteiger partial charge in [0, 0.05) is 10.8 Å². The third-order valence-electron chi connectivity index (χ3n) is 8.33. The van der Waals surface area contributed by atoms with Crippen molar-refractivity contribution in [3.63, 3.8) is 0 Å². The number of imidazole rings is 1. The van der Waals surface area contributed by atoms with Gasteiger partial charge >= 0.3 is 5.97 Å². The number of carbonyl (C=O) groups is 1. The SMILES string of the molecule is CC(C)c1cccc(C(C)C)c1-n1c(-c2cccc3c2oc2cc(-c4ccc(C(=O)O)cc4)ccc23)nc2ccccc21. The smallest absolute Gasteiger partial charge is 0.335 e. The molecule has 2 heterocycles. The van der Waals surface area contributed by atoms with Gasteiger partial charge in [-0.15, -0.1) is 0 Å². The summed E-state index contributed by atoms with van der Waals surface area (Å²) in [5.74, 6) is 0.570. The maximum Gasteiger partial charge on any atom is 0.335 e. The lowest BCUT2D eigenvalue weighted by Crippen LogP contribution is -2.08. The number of carboxylic acids is 1. The predicted molar refractivity (Wildman–Crippen MR) is 174 cm³/mol. The molecule has 1 N–H and O–H groups in total. The van der Waals surface area contributed by atoms with Gasteiger partial charge in [0.25, 0.3) is 0 Å². The van der Waals surface area contributed by atoms with Crippen LogP contribution in [0.5, 0.6) is 0 Å². The van der Waals surface area contributed by atoms with Crippen molar-refractivity contribution < 1.29 is 14.3 Å². The maximum absolute atomic E-state index is 11.3. The topological polar surface area (TPSA) is 68.3 Å². The molecule has 0 amide bonds. The van der Waals surface area contributed by atoms with Crippen molar-refractivity contribution in [1.29, 1.82) is 0 Å². The van der Waals surface area contributed by atoms with E-state index in [0.717, 1.165) is 55.5 Å². The molecule has 0 saturated heterocycles. The Kier molecular flexibility index (Phi) is 6.39. The monoisotopic (exact) mass is 564 g/mol. The minimum atomic E-state index is -0.936. The lowest BCUT2D eigenvalue weighted by atomic mass is 9.92. The number of aromatic nitrogens is 2. The molecule has 0 aliphatic rings. The molecule has 212 valence electrons. The number of benzene rings is 5. The van der Waals surface area contributed by atoms with E-state index in [2.05, 4.69) is 99.0 Å². The summed E-state index contributed by atoms with van der Waals surface area (Å²) < 4.78 is 8.99. The number of fused-ring (bicyclic) bond motifs is 4. The Balaban J connectivity index is 1.48. The molecule has 7 rings (SSSR count). The normalized spacial score (nSPS) is 11.9. The number of rotatable bonds is 6. The molecule has 0 fully saturated rings. The first-order valence-electron chi connectivity index (χ1n) is 14.7. The van der Waals surface area contributed by atoms with Crippen molar-refractivity contribution in [2.45, 2.75) is 39.5 Å². The molecular weight excluding hydrogens is 532 g/mol. The number of hydrogen-bond acceptors (Lipinski definition) is 3. The molecule has 5 heteroatoms. The van der Waals surface area contributed by atoms with Crippen molar-refractivity contribution in [2.24, 2.45) is 0 Å². The minimum absolute atomic E-state index is 0.265. The minimum Gasteiger partial charge on any atom is -0.478 e. The Morgan fingerprint density at radius 1 is 0.744 bits per heavy atom. The summed E-state index contributed by atoms with van der Waals surface area (Å²) in [6.07, 6.45) is 0. The van der Waals surface area contributed by atoms with Crippen molar-refractivity contribution in [3.05, 3.63) is 120 Å². The molecule has 0 saturated carbocycles. The van der Waals surface area contributed by atoms with Crippen LogP contribution >= 0.6 is 0 Å². The summed E-state index contributed by atoms with van der Waals surface area (Å²) in [5, 5.41) is 11.3. The fourth-order valence-electron chi connectivity index (χ4n) is 6.16. The van der Waals surface area contributed by atoms with Gasteiger partial charge in [-0.05, 0) is 76.6 Å². The van der Waals surface area contributed by atoms with Gasteiger partial charge in [-0.25, -0.2) is 9.78 Å². The van der Waals surface area contributed by atoms with Crippen molar-refractivity contribution in [3.8, 4) is 28.2 Å². The third-order valence-corrected chi connectivity index (χ3v) is 8.33. The number of para-hydroxylation sites is 4. The van der Waals surface area contributed by atoms with Crippen LogP contribution in [0, 0.1) is 0 Å². The number of aromatic carboxylic acids is 1. The van der Waals surface area contributed by atoms with E-state index >= 15 is 0 Å². The first kappa shape index (κ1) is 26.7. The van der Waals surface area contributed by atoms with Crippen molar-refractivity contribution in [2.75, 3.05) is 0 Å². The summed E-state index contributed by atoms with van der Waals surface area (Å²) >= 11 is 0. The van der Waals surface area contributed by atoms with Gasteiger partial charge in [-0.1, -0.05) is 88.4 Å². The summed E-state index contributed by atoms with van der Waals surface area (Å²) in [4.78, 5) is 16.5. The fourth-order valence-corrected chi connectivity index (χ4v) is 6.16. The third kappa shape index (κ3) is 4.40. The number of furan rings is 1. The van der Waals surface area contributed by atoms with E-state index in [4.69, 9.17) is 9.40 Å². The zero-order valence-corrected chi connectivity index (χ0v) is 24.6. The first-order chi connectivity index (χ1) is 20.8. The molecule has 0 bridgehead atoms. The highest BCUT2D eigenvalue weighted by atomic mass is 16.4. The van der Waals surface area contributed by atoms with Crippen LogP contribution < -0.4 is 0 Å². The molecular formula is C38H32N2O3. The van der Waals surface area contributed by atoms with Gasteiger partial charge in [0.15, 0.2) is 0 Å². The van der Waals surface area contributed by atoms with Crippen LogP contribution in [0.3, 0.4) is 0 Å². The van der Waals surface area contributed by atoms with Gasteiger partial charge in [-0.3, -0.25) is 4.57 Å². The Labute approximate surface area is 250 Å². The highest BCUT2D eigenvalue weighted by Crippen LogP contribution is 2.41. The molecule has 0 atom stereocenters. The van der Waals surface area contributed by atoms with Crippen LogP contribution in [-0.4, -0.2) is 20.6 Å². The highest BCUT2D eigenvalue weighted by molar-refractivity contribution is 6.10. The van der Waals surface area contributed by atoms with E-state index in [1.54, 1.807) is 12.1 Å². The van der Waals surface area contributed by atoms with Crippen LogP contribution in [0.2, 0.25) is 0 Å². The zero-order chi connectivity index (χ0) is 29.8. The molecule has 0 aliphatic heterocycles. The molecule has 5 nitrogen and oxygen atoms in total. The van der Waals surface area contributed by atoms with E-state index in [1.165, 1.54) is 16.8 Å². The molecule has 0 aliphatic carbocycles. The Hall–Kier alpha value is -5.16. The van der Waals surface area contributed by atoms with Crippen LogP contribution in [0.15, 0.2) is 108 Å². The number of carboxylic acid groups (broad SMARTS) is 1. The van der Waals surface area contributed by atoms with E-state index in [0.29, 0.717) is 11.8 Å². The average Bonchev–Trinajstić information content (AvgIpc) is 3.58. The molecule has 2 aromatic heterocycles. The number of hydrogen-bond donors (Lipinski definition) is 1. The van der Waals surface area contributed by atoms with Gasteiger partial charge in [-0.2, -0.15) is 0 Å². The Morgan fingerprint density at radius 3 is 2.12 bits per heavy atom. The van der Waals surface area contributed by atoms with E-state index in [9.17, 15) is 9.90 Å². The van der Waals surface area contributed by atoms with Crippen molar-refractivity contribution in [1.82, 2.24) is 9.55 Å². The van der Waals surface area contributed by atoms with E-state index in [-0.39, 0.29) is 5.56 Å². The standard InChI is InChI=1S/C38H32N2O3/c1-22(2)27-9-7-10-28(23(3)4)35(27)40-33-14-6-5-13-32(33)39-37(40)31-12-8-11-30-29-20-19-26(21-34(29)43-36(30)31)24-15-17-25(18-16-24)38(41)42/h5-23H,1-4H3,(H,41,42). The van der Waals surface area contributed by atoms with Crippen LogP contribution in [0.1, 0.15) is 61.0 Å². The molecule has 43 heavy (non-hydrogen) atoms. The second-order valence-corrected chi connectivity index (χ2v) is 11.7. The Morgan fingerprint density at radius 2 is 1.42 bits per heavy atom.